The van der Waals surface area contributed by atoms with Gasteiger partial charge in [0.1, 0.15) is 5.03 Å². The third kappa shape index (κ3) is 13.3. The number of para-hydroxylation sites is 4. The van der Waals surface area contributed by atoms with Crippen LogP contribution in [0.2, 0.25) is 0 Å². The number of hydrogen-bond donors (Lipinski definition) is 0. The third-order valence-electron chi connectivity index (χ3n) is 17.5. The fourth-order valence-corrected chi connectivity index (χ4v) is 13.6. The summed E-state index contributed by atoms with van der Waals surface area (Å²) < 4.78 is 16.2. The Kier molecular flexibility index (Phi) is 22.8. The fraction of sp³-hybridized carbons (Fsp3) is 0.0732. The molecule has 0 saturated carbocycles. The second-order valence-corrected chi connectivity index (χ2v) is 24.1. The van der Waals surface area contributed by atoms with Crippen LogP contribution in [0.5, 0.6) is 5.88 Å². The van der Waals surface area contributed by atoms with Crippen molar-refractivity contribution in [2.45, 2.75) is 18.9 Å². The van der Waals surface area contributed by atoms with Gasteiger partial charge in [-0.05, 0) is 95.1 Å². The van der Waals surface area contributed by atoms with E-state index in [9.17, 15) is 0 Å². The van der Waals surface area contributed by atoms with Gasteiger partial charge in [0, 0.05) is 197 Å². The summed E-state index contributed by atoms with van der Waals surface area (Å²) in [6, 6.07) is 86.5. The first-order valence-electron chi connectivity index (χ1n) is 31.4. The average Bonchev–Trinajstić information content (AvgIpc) is 1.54. The van der Waals surface area contributed by atoms with Crippen LogP contribution in [0.3, 0.4) is 0 Å². The van der Waals surface area contributed by atoms with Gasteiger partial charge in [0.15, 0.2) is 0 Å². The fourth-order valence-electron chi connectivity index (χ4n) is 13.2. The van der Waals surface area contributed by atoms with Crippen molar-refractivity contribution in [3.63, 3.8) is 0 Å². The van der Waals surface area contributed by atoms with Crippen LogP contribution < -0.4 is 9.64 Å². The molecule has 10 heterocycles. The zero-order chi connectivity index (χ0) is 65.0. The van der Waals surface area contributed by atoms with Crippen LogP contribution in [0.25, 0.3) is 137 Å². The van der Waals surface area contributed by atoms with Crippen molar-refractivity contribution in [1.82, 2.24) is 46.9 Å². The number of thioether (sulfide) groups is 1. The molecule has 0 amide bonds. The number of rotatable bonds is 4. The van der Waals surface area contributed by atoms with E-state index in [1.54, 1.807) is 24.0 Å². The Morgan fingerprint density at radius 3 is 1.42 bits per heavy atom. The summed E-state index contributed by atoms with van der Waals surface area (Å²) in [7, 11) is 4.12. The first kappa shape index (κ1) is 73.2. The van der Waals surface area contributed by atoms with Gasteiger partial charge in [0.2, 0.25) is 5.88 Å². The zero-order valence-electron chi connectivity index (χ0n) is 54.7. The molecule has 0 unspecified atom stereocenters. The summed E-state index contributed by atoms with van der Waals surface area (Å²) in [4.78, 5) is 24.8. The van der Waals surface area contributed by atoms with Crippen molar-refractivity contribution in [3.8, 4) is 11.9 Å². The maximum Gasteiger partial charge on any atom is 0.222 e. The van der Waals surface area contributed by atoms with Crippen molar-refractivity contribution < 1.29 is 105 Å². The number of nitrogens with zero attached hydrogens (tertiary/aromatic N) is 12. The summed E-state index contributed by atoms with van der Waals surface area (Å²) in [5, 5.41) is 27.1. The van der Waals surface area contributed by atoms with Crippen molar-refractivity contribution in [2.75, 3.05) is 31.9 Å². The third-order valence-corrected chi connectivity index (χ3v) is 18.2. The van der Waals surface area contributed by atoms with E-state index < -0.39 is 0 Å². The molecular formula is C82H57Ir5N12OS-5. The number of hydrogen-bond acceptors (Lipinski definition) is 9. The minimum atomic E-state index is 0. The predicted molar refractivity (Wildman–Crippen MR) is 392 cm³/mol. The molecule has 0 N–H and O–H groups in total. The summed E-state index contributed by atoms with van der Waals surface area (Å²) in [5.74, 6) is 0.655. The van der Waals surface area contributed by atoms with Crippen molar-refractivity contribution >= 4 is 154 Å². The molecule has 101 heavy (non-hydrogen) atoms. The number of ether oxygens (including phenoxy) is 1. The number of anilines is 1. The molecular weight excluding hydrogens is 2160 g/mol. The second kappa shape index (κ2) is 31.4. The molecule has 5 radical (unpaired) electrons. The number of imidazole rings is 5. The molecule has 0 aliphatic heterocycles. The molecule has 19 heteroatoms. The monoisotopic (exact) mass is 2220 g/mol. The van der Waals surface area contributed by atoms with Crippen LogP contribution in [0, 0.1) is 48.6 Å². The summed E-state index contributed by atoms with van der Waals surface area (Å²) >= 11 is 1.67. The Bertz CT molecular complexity index is 6330. The molecule has 0 spiro atoms. The van der Waals surface area contributed by atoms with Crippen molar-refractivity contribution in [3.05, 3.63) is 285 Å². The van der Waals surface area contributed by atoms with Gasteiger partial charge in [-0.15, -0.1) is 154 Å². The van der Waals surface area contributed by atoms with Crippen LogP contribution in [0.15, 0.2) is 249 Å². The predicted octanol–water partition coefficient (Wildman–Crippen LogP) is 18.6. The Morgan fingerprint density at radius 1 is 0.455 bits per heavy atom. The van der Waals surface area contributed by atoms with Crippen molar-refractivity contribution in [1.29, 1.82) is 5.26 Å². The van der Waals surface area contributed by atoms with Crippen molar-refractivity contribution in [2.24, 2.45) is 0 Å². The number of benzene rings is 10. The minimum Gasteiger partial charge on any atom is -0.477 e. The van der Waals surface area contributed by atoms with Crippen LogP contribution in [0.1, 0.15) is 18.2 Å². The van der Waals surface area contributed by atoms with Crippen LogP contribution >= 0.6 is 11.8 Å². The van der Waals surface area contributed by atoms with E-state index >= 15 is 0 Å². The van der Waals surface area contributed by atoms with Gasteiger partial charge in [-0.2, -0.15) is 0 Å². The molecule has 20 aromatic rings. The van der Waals surface area contributed by atoms with Gasteiger partial charge < -0.3 is 31.6 Å². The number of aryl methyl sites for hydroxylation is 1. The van der Waals surface area contributed by atoms with E-state index in [1.807, 2.05) is 111 Å². The standard InChI is InChI=1S/C17H14N3.C17H13N2O.C16H8N3.C16H11N2S.C16H11N2.5Ir/c1-19(2)12-7-8-16-15(11-12)13-5-3-4-6-14(13)17-18-9-10-20(16)17;1-2-20-16-11-19-15-10-6-5-8-13(15)12-7-3-4-9-14(12)17(19)18-16;17-10-11-5-6-13-14(9-11)12-3-1-2-4-15(12)19-8-7-18-16(13)19;1-19-15-10-18-14-9-5-4-7-12(14)11-6-2-3-8-13(11)16(18)17-15;1-11-10-17-16-14-8-3-2-6-12(14)13-7-4-5-9-15(13)18(11)16;;;;;/h3-5,7-11H,1-2H3;3-8,10-11H,2H2,1H3;1-5,7-9H;2-7,9-10H,1H3;2-7,9-10H,1H3;;;;;/q5*-1;;;;;. The summed E-state index contributed by atoms with van der Waals surface area (Å²) in [5.41, 5.74) is 13.5. The Morgan fingerprint density at radius 2 is 0.891 bits per heavy atom. The number of fused-ring (bicyclic) bond motifs is 30. The van der Waals surface area contributed by atoms with E-state index in [-0.39, 0.29) is 101 Å². The Balaban J connectivity index is 0.000000126. The van der Waals surface area contributed by atoms with Gasteiger partial charge in [-0.1, -0.05) is 99.7 Å². The second-order valence-electron chi connectivity index (χ2n) is 23.3. The maximum atomic E-state index is 9.05. The summed E-state index contributed by atoms with van der Waals surface area (Å²) in [6.45, 7) is 4.66. The number of nitriles is 1. The molecule has 0 fully saturated rings. The topological polar surface area (TPSA) is 123 Å². The van der Waals surface area contributed by atoms with E-state index in [4.69, 9.17) is 15.0 Å². The SMILES string of the molecule is CCOc1cn2c3ccccc3c3ccc[c-]c3c2n1.CN(C)c1ccc2c(c1)c1ccc[c-]c1c1nccn21.CSc1cn2c3ccccc3c3ccc[c-]c3c2n1.Cc1cnc2c3[c-]cccc3c3ccccc3n12.N#Cc1c[c-]c2c(c1)c1ccccc1n1ccnc21.[Ir].[Ir].[Ir].[Ir].[Ir]. The molecule has 507 valence electrons. The minimum absolute atomic E-state index is 0. The Labute approximate surface area is 653 Å². The normalized spacial score (nSPS) is 10.9. The summed E-state index contributed by atoms with van der Waals surface area (Å²) in [6.07, 6.45) is 15.6. The van der Waals surface area contributed by atoms with Gasteiger partial charge >= 0.3 is 0 Å². The first-order chi connectivity index (χ1) is 47.3. The van der Waals surface area contributed by atoms with Crippen LogP contribution in [0.4, 0.5) is 5.69 Å². The van der Waals surface area contributed by atoms with Gasteiger partial charge in [-0.25, -0.2) is 10.2 Å². The van der Waals surface area contributed by atoms with E-state index in [2.05, 4.69) is 238 Å². The smallest absolute Gasteiger partial charge is 0.222 e. The van der Waals surface area contributed by atoms with Gasteiger partial charge in [0.05, 0.1) is 41.0 Å². The molecule has 10 aromatic heterocycles. The van der Waals surface area contributed by atoms with Crippen LogP contribution in [-0.2, 0) is 101 Å². The number of pyridine rings is 5. The molecule has 0 saturated heterocycles. The molecule has 0 aliphatic rings. The first-order valence-corrected chi connectivity index (χ1v) is 32.7. The number of aromatic nitrogens is 10. The maximum absolute atomic E-state index is 9.05. The Hall–Kier alpha value is -9.06. The molecule has 0 bridgehead atoms. The van der Waals surface area contributed by atoms with E-state index in [0.717, 1.165) is 87.7 Å². The molecule has 0 aliphatic carbocycles. The molecule has 0 atom stereocenters. The molecule has 13 nitrogen and oxygen atoms in total. The van der Waals surface area contributed by atoms with Crippen LogP contribution in [-0.4, -0.2) is 73.9 Å². The average molecular weight is 2220 g/mol. The van der Waals surface area contributed by atoms with E-state index in [1.165, 1.54) is 65.3 Å². The quantitative estimate of drug-likeness (QED) is 0.0963. The van der Waals surface area contributed by atoms with Gasteiger partial charge in [0.25, 0.3) is 0 Å². The molecule has 20 rings (SSSR count). The molecule has 10 aromatic carbocycles. The zero-order valence-corrected chi connectivity index (χ0v) is 67.4. The van der Waals surface area contributed by atoms with Gasteiger partial charge in [-0.3, -0.25) is 19.9 Å². The van der Waals surface area contributed by atoms with E-state index in [0.29, 0.717) is 18.1 Å². The largest absolute Gasteiger partial charge is 0.477 e.